The molecule has 0 radical (unpaired) electrons. The number of nitrogens with one attached hydrogen (secondary N) is 1. The van der Waals surface area contributed by atoms with Crippen LogP contribution in [0.2, 0.25) is 0 Å². The molecule has 0 saturated heterocycles. The van der Waals surface area contributed by atoms with E-state index in [1.807, 2.05) is 19.2 Å². The van der Waals surface area contributed by atoms with Gasteiger partial charge in [-0.15, -0.1) is 0 Å². The minimum atomic E-state index is 0.443. The zero-order valence-corrected chi connectivity index (χ0v) is 8.53. The van der Waals surface area contributed by atoms with E-state index in [4.69, 9.17) is 9.15 Å². The summed E-state index contributed by atoms with van der Waals surface area (Å²) < 4.78 is 10.9. The number of ether oxygens (including phenoxy) is 1. The maximum absolute atomic E-state index is 5.68. The third-order valence-corrected chi connectivity index (χ3v) is 2.73. The zero-order valence-electron chi connectivity index (χ0n) is 8.53. The minimum absolute atomic E-state index is 0.443. The largest absolute Gasteiger partial charge is 0.467 e. The molecular formula is C11H17NO2. The van der Waals surface area contributed by atoms with Crippen LogP contribution in [0.15, 0.2) is 22.8 Å². The van der Waals surface area contributed by atoms with Crippen molar-refractivity contribution in [3.8, 4) is 0 Å². The second-order valence-corrected chi connectivity index (χ2v) is 3.91. The first-order valence-electron chi connectivity index (χ1n) is 5.17. The summed E-state index contributed by atoms with van der Waals surface area (Å²) in [6.45, 7) is 1.73. The van der Waals surface area contributed by atoms with E-state index in [9.17, 15) is 0 Å². The van der Waals surface area contributed by atoms with Gasteiger partial charge in [-0.2, -0.15) is 0 Å². The molecule has 78 valence electrons. The van der Waals surface area contributed by atoms with E-state index in [0.717, 1.165) is 18.2 Å². The van der Waals surface area contributed by atoms with Gasteiger partial charge in [0.1, 0.15) is 12.4 Å². The Morgan fingerprint density at radius 1 is 1.57 bits per heavy atom. The van der Waals surface area contributed by atoms with E-state index in [2.05, 4.69) is 5.32 Å². The van der Waals surface area contributed by atoms with Crippen LogP contribution in [0.4, 0.5) is 0 Å². The molecular weight excluding hydrogens is 178 g/mol. The van der Waals surface area contributed by atoms with E-state index in [1.54, 1.807) is 6.26 Å². The molecule has 3 heteroatoms. The first-order valence-corrected chi connectivity index (χ1v) is 5.17. The van der Waals surface area contributed by atoms with Gasteiger partial charge in [0.05, 0.1) is 12.4 Å². The Labute approximate surface area is 84.4 Å². The van der Waals surface area contributed by atoms with Crippen LogP contribution in [0.3, 0.4) is 0 Å². The molecule has 0 bridgehead atoms. The maximum Gasteiger partial charge on any atom is 0.129 e. The smallest absolute Gasteiger partial charge is 0.129 e. The average molecular weight is 195 g/mol. The van der Waals surface area contributed by atoms with Crippen molar-refractivity contribution < 1.29 is 9.15 Å². The van der Waals surface area contributed by atoms with Crippen LogP contribution in [0, 0.1) is 5.92 Å². The van der Waals surface area contributed by atoms with Gasteiger partial charge in [-0.1, -0.05) is 0 Å². The maximum atomic E-state index is 5.68. The third-order valence-electron chi connectivity index (χ3n) is 2.73. The van der Waals surface area contributed by atoms with Gasteiger partial charge in [0, 0.05) is 0 Å². The van der Waals surface area contributed by atoms with E-state index in [1.165, 1.54) is 12.8 Å². The van der Waals surface area contributed by atoms with Gasteiger partial charge in [-0.25, -0.2) is 0 Å². The molecule has 0 atom stereocenters. The summed E-state index contributed by atoms with van der Waals surface area (Å²) in [5, 5.41) is 3.19. The van der Waals surface area contributed by atoms with Crippen molar-refractivity contribution in [3.63, 3.8) is 0 Å². The fourth-order valence-corrected chi connectivity index (χ4v) is 1.86. The van der Waals surface area contributed by atoms with Gasteiger partial charge < -0.3 is 14.5 Å². The Bertz CT molecular complexity index is 252. The van der Waals surface area contributed by atoms with Gasteiger partial charge in [-0.05, 0) is 44.5 Å². The number of hydrogen-bond acceptors (Lipinski definition) is 3. The molecule has 1 N–H and O–H groups in total. The molecule has 1 saturated carbocycles. The normalized spacial score (nSPS) is 26.1. The van der Waals surface area contributed by atoms with Gasteiger partial charge in [-0.3, -0.25) is 0 Å². The van der Waals surface area contributed by atoms with Crippen LogP contribution in [0.5, 0.6) is 0 Å². The molecule has 1 aromatic heterocycles. The molecule has 1 aliphatic carbocycles. The van der Waals surface area contributed by atoms with Crippen molar-refractivity contribution in [2.45, 2.75) is 25.6 Å². The lowest BCUT2D eigenvalue weighted by atomic mass is 9.82. The molecule has 2 rings (SSSR count). The predicted molar refractivity (Wildman–Crippen MR) is 53.9 cm³/mol. The summed E-state index contributed by atoms with van der Waals surface area (Å²) in [4.78, 5) is 0. The first kappa shape index (κ1) is 9.74. The van der Waals surface area contributed by atoms with Crippen LogP contribution in [0.25, 0.3) is 0 Å². The third kappa shape index (κ3) is 2.36. The summed E-state index contributed by atoms with van der Waals surface area (Å²) in [6.07, 6.45) is 4.49. The van der Waals surface area contributed by atoms with Crippen LogP contribution >= 0.6 is 0 Å². The van der Waals surface area contributed by atoms with Gasteiger partial charge in [0.25, 0.3) is 0 Å². The summed E-state index contributed by atoms with van der Waals surface area (Å²) in [5.74, 6) is 1.73. The Balaban J connectivity index is 1.61. The highest BCUT2D eigenvalue weighted by Gasteiger charge is 2.29. The summed E-state index contributed by atoms with van der Waals surface area (Å²) in [7, 11) is 2.00. The van der Waals surface area contributed by atoms with Crippen LogP contribution in [-0.4, -0.2) is 19.7 Å². The Kier molecular flexibility index (Phi) is 3.22. The van der Waals surface area contributed by atoms with Crippen LogP contribution in [0.1, 0.15) is 18.6 Å². The second-order valence-electron chi connectivity index (χ2n) is 3.91. The summed E-state index contributed by atoms with van der Waals surface area (Å²) in [6, 6.07) is 3.84. The average Bonchev–Trinajstić information content (AvgIpc) is 2.61. The predicted octanol–water partition coefficient (Wildman–Crippen LogP) is 1.79. The number of furan rings is 1. The molecule has 1 aliphatic rings. The molecule has 1 fully saturated rings. The quantitative estimate of drug-likeness (QED) is 0.778. The zero-order chi connectivity index (χ0) is 9.80. The van der Waals surface area contributed by atoms with Crippen molar-refractivity contribution in [3.05, 3.63) is 24.2 Å². The highest BCUT2D eigenvalue weighted by Crippen LogP contribution is 2.29. The van der Waals surface area contributed by atoms with Crippen molar-refractivity contribution in [2.24, 2.45) is 5.92 Å². The fourth-order valence-electron chi connectivity index (χ4n) is 1.86. The summed E-state index contributed by atoms with van der Waals surface area (Å²) >= 11 is 0. The first-order chi connectivity index (χ1) is 6.88. The van der Waals surface area contributed by atoms with Gasteiger partial charge >= 0.3 is 0 Å². The van der Waals surface area contributed by atoms with E-state index in [-0.39, 0.29) is 0 Å². The molecule has 0 aromatic carbocycles. The Hall–Kier alpha value is -0.800. The number of hydrogen-bond donors (Lipinski definition) is 1. The lowest BCUT2D eigenvalue weighted by Gasteiger charge is -2.34. The SMILES string of the molecule is CNCC1CC(OCc2ccco2)C1. The standard InChI is InChI=1S/C11H17NO2/c1-12-7-9-5-11(6-9)14-8-10-3-2-4-13-10/h2-4,9,11-12H,5-8H2,1H3. The molecule has 0 amide bonds. The second kappa shape index (κ2) is 4.62. The van der Waals surface area contributed by atoms with E-state index >= 15 is 0 Å². The monoisotopic (exact) mass is 195 g/mol. The lowest BCUT2D eigenvalue weighted by Crippen LogP contribution is -2.36. The van der Waals surface area contributed by atoms with E-state index in [0.29, 0.717) is 12.7 Å². The Morgan fingerprint density at radius 2 is 2.43 bits per heavy atom. The summed E-state index contributed by atoms with van der Waals surface area (Å²) in [5.41, 5.74) is 0. The van der Waals surface area contributed by atoms with Gasteiger partial charge in [0.15, 0.2) is 0 Å². The molecule has 0 unspecified atom stereocenters. The van der Waals surface area contributed by atoms with Crippen molar-refractivity contribution >= 4 is 0 Å². The lowest BCUT2D eigenvalue weighted by molar-refractivity contribution is -0.0446. The van der Waals surface area contributed by atoms with E-state index < -0.39 is 0 Å². The molecule has 0 aliphatic heterocycles. The molecule has 1 aromatic rings. The van der Waals surface area contributed by atoms with Crippen LogP contribution in [-0.2, 0) is 11.3 Å². The fraction of sp³-hybridized carbons (Fsp3) is 0.636. The topological polar surface area (TPSA) is 34.4 Å². The van der Waals surface area contributed by atoms with Crippen molar-refractivity contribution in [1.82, 2.24) is 5.32 Å². The van der Waals surface area contributed by atoms with Crippen molar-refractivity contribution in [2.75, 3.05) is 13.6 Å². The Morgan fingerprint density at radius 3 is 3.07 bits per heavy atom. The molecule has 0 spiro atoms. The molecule has 1 heterocycles. The number of rotatable bonds is 5. The molecule has 14 heavy (non-hydrogen) atoms. The highest BCUT2D eigenvalue weighted by atomic mass is 16.5. The highest BCUT2D eigenvalue weighted by molar-refractivity contribution is 4.96. The van der Waals surface area contributed by atoms with Gasteiger partial charge in [0.2, 0.25) is 0 Å². The molecule has 3 nitrogen and oxygen atoms in total. The van der Waals surface area contributed by atoms with Crippen molar-refractivity contribution in [1.29, 1.82) is 0 Å². The van der Waals surface area contributed by atoms with Crippen LogP contribution < -0.4 is 5.32 Å². The minimum Gasteiger partial charge on any atom is -0.467 e.